The molecule has 0 saturated carbocycles. The van der Waals surface area contributed by atoms with E-state index in [-0.39, 0.29) is 5.69 Å². The van der Waals surface area contributed by atoms with Gasteiger partial charge in [-0.2, -0.15) is 0 Å². The number of hydrogen-bond acceptors (Lipinski definition) is 2. The van der Waals surface area contributed by atoms with Crippen LogP contribution in [0.3, 0.4) is 0 Å². The summed E-state index contributed by atoms with van der Waals surface area (Å²) in [5.74, 6) is -1.06. The molecule has 0 aliphatic rings. The fourth-order valence-corrected chi connectivity index (χ4v) is 1.85. The van der Waals surface area contributed by atoms with Gasteiger partial charge in [0.1, 0.15) is 17.4 Å². The van der Waals surface area contributed by atoms with Gasteiger partial charge in [-0.3, -0.25) is 4.79 Å². The summed E-state index contributed by atoms with van der Waals surface area (Å²) in [5.41, 5.74) is -0.316. The van der Waals surface area contributed by atoms with Crippen LogP contribution in [-0.2, 0) is 4.79 Å². The third kappa shape index (κ3) is 3.81. The summed E-state index contributed by atoms with van der Waals surface area (Å²) in [6.45, 7) is 4.91. The standard InChI is InChI=1S/C17H17F2NO2/c1-11-4-9-14(19)15(10-11)20-16(21)17(2,3)22-13-7-5-12(18)6-8-13/h4-10H,1-3H3,(H,20,21). The van der Waals surface area contributed by atoms with Gasteiger partial charge >= 0.3 is 0 Å². The molecule has 0 bridgehead atoms. The van der Waals surface area contributed by atoms with E-state index in [0.29, 0.717) is 5.75 Å². The Morgan fingerprint density at radius 2 is 1.73 bits per heavy atom. The van der Waals surface area contributed by atoms with Crippen LogP contribution in [0.5, 0.6) is 5.75 Å². The molecule has 1 N–H and O–H groups in total. The lowest BCUT2D eigenvalue weighted by atomic mass is 10.1. The number of carbonyl (C=O) groups excluding carboxylic acids is 1. The Morgan fingerprint density at radius 1 is 1.09 bits per heavy atom. The highest BCUT2D eigenvalue weighted by molar-refractivity contribution is 5.97. The highest BCUT2D eigenvalue weighted by atomic mass is 19.1. The van der Waals surface area contributed by atoms with Crippen molar-refractivity contribution < 1.29 is 18.3 Å². The number of amides is 1. The van der Waals surface area contributed by atoms with Gasteiger partial charge in [-0.15, -0.1) is 0 Å². The Kier molecular flexibility index (Phi) is 4.45. The highest BCUT2D eigenvalue weighted by Crippen LogP contribution is 2.22. The van der Waals surface area contributed by atoms with Crippen LogP contribution in [0.4, 0.5) is 14.5 Å². The lowest BCUT2D eigenvalue weighted by Gasteiger charge is -2.25. The minimum Gasteiger partial charge on any atom is -0.478 e. The zero-order valence-electron chi connectivity index (χ0n) is 12.6. The monoisotopic (exact) mass is 305 g/mol. The fraction of sp³-hybridized carbons (Fsp3) is 0.235. The summed E-state index contributed by atoms with van der Waals surface area (Å²) in [6, 6.07) is 9.79. The molecule has 0 spiro atoms. The summed E-state index contributed by atoms with van der Waals surface area (Å²) in [5, 5.41) is 2.51. The van der Waals surface area contributed by atoms with Crippen molar-refractivity contribution in [3.05, 3.63) is 59.7 Å². The van der Waals surface area contributed by atoms with E-state index in [4.69, 9.17) is 4.74 Å². The van der Waals surface area contributed by atoms with E-state index in [1.54, 1.807) is 32.9 Å². The molecule has 2 rings (SSSR count). The number of aryl methyl sites for hydroxylation is 1. The maximum atomic E-state index is 13.7. The number of carbonyl (C=O) groups is 1. The summed E-state index contributed by atoms with van der Waals surface area (Å²) >= 11 is 0. The first-order chi connectivity index (χ1) is 10.3. The molecule has 0 heterocycles. The molecule has 0 unspecified atom stereocenters. The molecule has 0 aliphatic carbocycles. The molecule has 116 valence electrons. The largest absolute Gasteiger partial charge is 0.478 e. The molecular weight excluding hydrogens is 288 g/mol. The van der Waals surface area contributed by atoms with Crippen LogP contribution in [0.25, 0.3) is 0 Å². The average molecular weight is 305 g/mol. The van der Waals surface area contributed by atoms with Crippen molar-refractivity contribution in [1.29, 1.82) is 0 Å². The van der Waals surface area contributed by atoms with Gasteiger partial charge in [0.25, 0.3) is 5.91 Å². The van der Waals surface area contributed by atoms with E-state index in [2.05, 4.69) is 5.32 Å². The van der Waals surface area contributed by atoms with E-state index in [1.807, 2.05) is 0 Å². The van der Waals surface area contributed by atoms with Gasteiger partial charge in [0.2, 0.25) is 0 Å². The van der Waals surface area contributed by atoms with Crippen molar-refractivity contribution in [1.82, 2.24) is 0 Å². The van der Waals surface area contributed by atoms with E-state index >= 15 is 0 Å². The fourth-order valence-electron chi connectivity index (χ4n) is 1.85. The van der Waals surface area contributed by atoms with Gasteiger partial charge in [0.05, 0.1) is 5.69 Å². The topological polar surface area (TPSA) is 38.3 Å². The second-order valence-corrected chi connectivity index (χ2v) is 5.50. The second kappa shape index (κ2) is 6.13. The number of benzene rings is 2. The Hall–Kier alpha value is -2.43. The minimum absolute atomic E-state index is 0.0979. The molecule has 0 radical (unpaired) electrons. The average Bonchev–Trinajstić information content (AvgIpc) is 2.45. The number of halogens is 2. The lowest BCUT2D eigenvalue weighted by molar-refractivity contribution is -0.128. The van der Waals surface area contributed by atoms with Crippen LogP contribution in [0.2, 0.25) is 0 Å². The predicted octanol–water partition coefficient (Wildman–Crippen LogP) is 4.07. The van der Waals surface area contributed by atoms with Crippen LogP contribution in [0, 0.1) is 18.6 Å². The van der Waals surface area contributed by atoms with Gasteiger partial charge in [-0.1, -0.05) is 6.07 Å². The van der Waals surface area contributed by atoms with E-state index < -0.39 is 23.1 Å². The summed E-state index contributed by atoms with van der Waals surface area (Å²) < 4.78 is 32.1. The molecular formula is C17H17F2NO2. The molecule has 22 heavy (non-hydrogen) atoms. The highest BCUT2D eigenvalue weighted by Gasteiger charge is 2.30. The summed E-state index contributed by atoms with van der Waals surface area (Å²) in [6.07, 6.45) is 0. The first kappa shape index (κ1) is 15.9. The summed E-state index contributed by atoms with van der Waals surface area (Å²) in [7, 11) is 0. The summed E-state index contributed by atoms with van der Waals surface area (Å²) in [4.78, 5) is 12.3. The Bertz CT molecular complexity index is 682. The molecule has 0 saturated heterocycles. The Morgan fingerprint density at radius 3 is 2.36 bits per heavy atom. The second-order valence-electron chi connectivity index (χ2n) is 5.50. The maximum Gasteiger partial charge on any atom is 0.268 e. The molecule has 2 aromatic carbocycles. The van der Waals surface area contributed by atoms with Crippen molar-refractivity contribution in [3.8, 4) is 5.75 Å². The maximum absolute atomic E-state index is 13.7. The van der Waals surface area contributed by atoms with Crippen molar-refractivity contribution in [2.45, 2.75) is 26.4 Å². The van der Waals surface area contributed by atoms with Crippen molar-refractivity contribution in [2.24, 2.45) is 0 Å². The zero-order chi connectivity index (χ0) is 16.3. The lowest BCUT2D eigenvalue weighted by Crippen LogP contribution is -2.42. The molecule has 2 aromatic rings. The predicted molar refractivity (Wildman–Crippen MR) is 80.9 cm³/mol. The quantitative estimate of drug-likeness (QED) is 0.924. The van der Waals surface area contributed by atoms with Gasteiger partial charge in [0, 0.05) is 0 Å². The van der Waals surface area contributed by atoms with Crippen LogP contribution in [0.1, 0.15) is 19.4 Å². The van der Waals surface area contributed by atoms with Crippen LogP contribution < -0.4 is 10.1 Å². The van der Waals surface area contributed by atoms with E-state index in [1.165, 1.54) is 30.3 Å². The van der Waals surface area contributed by atoms with Crippen molar-refractivity contribution in [3.63, 3.8) is 0 Å². The van der Waals surface area contributed by atoms with Crippen molar-refractivity contribution in [2.75, 3.05) is 5.32 Å². The van der Waals surface area contributed by atoms with Crippen LogP contribution >= 0.6 is 0 Å². The van der Waals surface area contributed by atoms with Crippen LogP contribution in [0.15, 0.2) is 42.5 Å². The third-order valence-corrected chi connectivity index (χ3v) is 3.10. The Balaban J connectivity index is 2.13. The minimum atomic E-state index is -1.24. The van der Waals surface area contributed by atoms with E-state index in [0.717, 1.165) is 5.56 Å². The number of rotatable bonds is 4. The first-order valence-corrected chi connectivity index (χ1v) is 6.80. The molecule has 5 heteroatoms. The van der Waals surface area contributed by atoms with Gasteiger partial charge in [0.15, 0.2) is 5.60 Å². The molecule has 3 nitrogen and oxygen atoms in total. The number of anilines is 1. The smallest absolute Gasteiger partial charge is 0.268 e. The zero-order valence-corrected chi connectivity index (χ0v) is 12.6. The molecule has 0 aliphatic heterocycles. The van der Waals surface area contributed by atoms with Gasteiger partial charge < -0.3 is 10.1 Å². The molecule has 0 atom stereocenters. The molecule has 0 fully saturated rings. The van der Waals surface area contributed by atoms with Crippen LogP contribution in [-0.4, -0.2) is 11.5 Å². The third-order valence-electron chi connectivity index (χ3n) is 3.10. The Labute approximate surface area is 127 Å². The number of hydrogen-bond donors (Lipinski definition) is 1. The first-order valence-electron chi connectivity index (χ1n) is 6.80. The molecule has 1 amide bonds. The van der Waals surface area contributed by atoms with Gasteiger partial charge in [-0.25, -0.2) is 8.78 Å². The van der Waals surface area contributed by atoms with Gasteiger partial charge in [-0.05, 0) is 62.7 Å². The normalized spacial score (nSPS) is 11.1. The van der Waals surface area contributed by atoms with E-state index in [9.17, 15) is 13.6 Å². The number of ether oxygens (including phenoxy) is 1. The number of nitrogens with one attached hydrogen (secondary N) is 1. The van der Waals surface area contributed by atoms with Crippen molar-refractivity contribution >= 4 is 11.6 Å². The molecule has 0 aromatic heterocycles. The SMILES string of the molecule is Cc1ccc(F)c(NC(=O)C(C)(C)Oc2ccc(F)cc2)c1.